The zero-order chi connectivity index (χ0) is 13.1. The lowest BCUT2D eigenvalue weighted by atomic mass is 10.0. The van der Waals surface area contributed by atoms with E-state index in [1.165, 1.54) is 23.5 Å². The van der Waals surface area contributed by atoms with Gasteiger partial charge in [-0.15, -0.1) is 11.3 Å². The molecule has 1 aromatic carbocycles. The minimum absolute atomic E-state index is 0.177. The van der Waals surface area contributed by atoms with Crippen LogP contribution in [0.15, 0.2) is 34.1 Å². The van der Waals surface area contributed by atoms with Crippen LogP contribution >= 0.6 is 27.3 Å². The fourth-order valence-electron chi connectivity index (χ4n) is 1.70. The highest BCUT2D eigenvalue weighted by molar-refractivity contribution is 9.10. The van der Waals surface area contributed by atoms with E-state index < -0.39 is 17.7 Å². The van der Waals surface area contributed by atoms with Gasteiger partial charge in [0.05, 0.1) is 6.10 Å². The zero-order valence-corrected chi connectivity index (χ0v) is 11.8. The predicted octanol–water partition coefficient (Wildman–Crippen LogP) is 3.93. The monoisotopic (exact) mass is 332 g/mol. The third-order valence-corrected chi connectivity index (χ3v) is 4.53. The summed E-state index contributed by atoms with van der Waals surface area (Å²) in [4.78, 5) is 1.02. The Balaban J connectivity index is 2.03. The molecule has 1 atom stereocenters. The van der Waals surface area contributed by atoms with Gasteiger partial charge < -0.3 is 5.11 Å². The second kappa shape index (κ2) is 5.91. The summed E-state index contributed by atoms with van der Waals surface area (Å²) in [7, 11) is 0. The van der Waals surface area contributed by atoms with Crippen LogP contribution in [0.1, 0.15) is 10.4 Å². The van der Waals surface area contributed by atoms with Gasteiger partial charge in [-0.25, -0.2) is 8.78 Å². The molecule has 0 spiro atoms. The topological polar surface area (TPSA) is 20.2 Å². The van der Waals surface area contributed by atoms with Crippen molar-refractivity contribution in [1.29, 1.82) is 0 Å². The van der Waals surface area contributed by atoms with E-state index in [1.54, 1.807) is 0 Å². The highest BCUT2D eigenvalue weighted by atomic mass is 79.9. The summed E-state index contributed by atoms with van der Waals surface area (Å²) in [6.07, 6.45) is -0.0502. The molecule has 1 aromatic heterocycles. The number of hydrogen-bond donors (Lipinski definition) is 1. The molecule has 2 rings (SSSR count). The average Bonchev–Trinajstić information content (AvgIpc) is 2.69. The van der Waals surface area contributed by atoms with Gasteiger partial charge in [-0.05, 0) is 39.0 Å². The summed E-state index contributed by atoms with van der Waals surface area (Å²) in [6, 6.07) is 5.32. The third-order valence-electron chi connectivity index (χ3n) is 2.58. The summed E-state index contributed by atoms with van der Waals surface area (Å²) >= 11 is 4.91. The molecule has 5 heteroatoms. The predicted molar refractivity (Wildman–Crippen MR) is 71.8 cm³/mol. The summed E-state index contributed by atoms with van der Waals surface area (Å²) in [6.45, 7) is 0. The Hall–Kier alpha value is -0.780. The van der Waals surface area contributed by atoms with E-state index >= 15 is 0 Å². The quantitative estimate of drug-likeness (QED) is 0.899. The molecule has 2 aromatic rings. The lowest BCUT2D eigenvalue weighted by Crippen LogP contribution is -2.14. The summed E-state index contributed by atoms with van der Waals surface area (Å²) < 4.78 is 27.1. The van der Waals surface area contributed by atoms with Crippen molar-refractivity contribution in [3.63, 3.8) is 0 Å². The maximum Gasteiger partial charge on any atom is 0.129 e. The zero-order valence-electron chi connectivity index (χ0n) is 9.37. The molecule has 1 N–H and O–H groups in total. The van der Waals surface area contributed by atoms with Gasteiger partial charge in [-0.2, -0.15) is 0 Å². The van der Waals surface area contributed by atoms with Crippen LogP contribution in [0, 0.1) is 11.6 Å². The first-order chi connectivity index (χ1) is 8.56. The minimum atomic E-state index is -0.681. The van der Waals surface area contributed by atoms with Crippen molar-refractivity contribution in [1.82, 2.24) is 0 Å². The van der Waals surface area contributed by atoms with Gasteiger partial charge in [0.25, 0.3) is 0 Å². The van der Waals surface area contributed by atoms with E-state index in [1.807, 2.05) is 11.4 Å². The molecule has 0 amide bonds. The van der Waals surface area contributed by atoms with Gasteiger partial charge in [0.15, 0.2) is 0 Å². The van der Waals surface area contributed by atoms with Crippen molar-refractivity contribution < 1.29 is 13.9 Å². The van der Waals surface area contributed by atoms with Gasteiger partial charge in [-0.3, -0.25) is 0 Å². The molecule has 0 aliphatic heterocycles. The number of thiophene rings is 1. The van der Waals surface area contributed by atoms with E-state index in [2.05, 4.69) is 15.9 Å². The molecule has 0 fully saturated rings. The maximum atomic E-state index is 13.4. The van der Waals surface area contributed by atoms with Crippen LogP contribution in [0.4, 0.5) is 8.78 Å². The van der Waals surface area contributed by atoms with Gasteiger partial charge in [0.1, 0.15) is 11.6 Å². The number of benzene rings is 1. The maximum absolute atomic E-state index is 13.4. The molecular formula is C13H11BrF2OS. The molecule has 0 radical (unpaired) electrons. The van der Waals surface area contributed by atoms with E-state index in [9.17, 15) is 13.9 Å². The van der Waals surface area contributed by atoms with Crippen molar-refractivity contribution in [2.75, 3.05) is 0 Å². The molecular weight excluding hydrogens is 322 g/mol. The molecule has 0 saturated carbocycles. The second-order valence-corrected chi connectivity index (χ2v) is 5.84. The van der Waals surface area contributed by atoms with E-state index in [0.717, 1.165) is 15.4 Å². The van der Waals surface area contributed by atoms with E-state index in [-0.39, 0.29) is 6.42 Å². The van der Waals surface area contributed by atoms with Gasteiger partial charge in [-0.1, -0.05) is 6.07 Å². The first-order valence-corrected chi connectivity index (χ1v) is 7.07. The lowest BCUT2D eigenvalue weighted by molar-refractivity contribution is 0.175. The van der Waals surface area contributed by atoms with Crippen LogP contribution in [-0.2, 0) is 12.8 Å². The van der Waals surface area contributed by atoms with Crippen LogP contribution in [-0.4, -0.2) is 11.2 Å². The summed E-state index contributed by atoms with van der Waals surface area (Å²) in [5.41, 5.74) is 0.330. The summed E-state index contributed by atoms with van der Waals surface area (Å²) in [5.74, 6) is -1.22. The Labute approximate surface area is 116 Å². The molecule has 1 heterocycles. The molecule has 0 saturated heterocycles. The van der Waals surface area contributed by atoms with Crippen LogP contribution in [0.3, 0.4) is 0 Å². The Morgan fingerprint density at radius 3 is 2.61 bits per heavy atom. The standard InChI is InChI=1S/C13H11BrF2OS/c14-11-3-4-18-13(11)7-10(17)5-8-1-2-9(15)6-12(8)16/h1-4,6,10,17H,5,7H2. The molecule has 0 aliphatic rings. The SMILES string of the molecule is OC(Cc1ccc(F)cc1F)Cc1sccc1Br. The van der Waals surface area contributed by atoms with Crippen LogP contribution in [0.2, 0.25) is 0 Å². The van der Waals surface area contributed by atoms with Gasteiger partial charge >= 0.3 is 0 Å². The third kappa shape index (κ3) is 3.37. The number of hydrogen-bond acceptors (Lipinski definition) is 2. The van der Waals surface area contributed by atoms with Crippen molar-refractivity contribution in [3.8, 4) is 0 Å². The first-order valence-electron chi connectivity index (χ1n) is 5.40. The Kier molecular flexibility index (Phi) is 4.48. The smallest absolute Gasteiger partial charge is 0.129 e. The Morgan fingerprint density at radius 1 is 1.22 bits per heavy atom. The normalized spacial score (nSPS) is 12.7. The van der Waals surface area contributed by atoms with E-state index in [0.29, 0.717) is 12.0 Å². The Bertz CT molecular complexity index is 542. The molecule has 1 nitrogen and oxygen atoms in total. The minimum Gasteiger partial charge on any atom is -0.392 e. The van der Waals surface area contributed by atoms with Crippen LogP contribution in [0.25, 0.3) is 0 Å². The fraction of sp³-hybridized carbons (Fsp3) is 0.231. The second-order valence-electron chi connectivity index (χ2n) is 3.99. The molecule has 18 heavy (non-hydrogen) atoms. The highest BCUT2D eigenvalue weighted by Crippen LogP contribution is 2.25. The van der Waals surface area contributed by atoms with E-state index in [4.69, 9.17) is 0 Å². The van der Waals surface area contributed by atoms with Crippen LogP contribution < -0.4 is 0 Å². The summed E-state index contributed by atoms with van der Waals surface area (Å²) in [5, 5.41) is 11.8. The van der Waals surface area contributed by atoms with Crippen molar-refractivity contribution in [2.45, 2.75) is 18.9 Å². The lowest BCUT2D eigenvalue weighted by Gasteiger charge is -2.10. The molecule has 96 valence electrons. The highest BCUT2D eigenvalue weighted by Gasteiger charge is 2.13. The molecule has 1 unspecified atom stereocenters. The Morgan fingerprint density at radius 2 is 2.00 bits per heavy atom. The van der Waals surface area contributed by atoms with Gasteiger partial charge in [0.2, 0.25) is 0 Å². The molecule has 0 bridgehead atoms. The molecule has 0 aliphatic carbocycles. The average molecular weight is 333 g/mol. The van der Waals surface area contributed by atoms with Crippen LogP contribution in [0.5, 0.6) is 0 Å². The fourth-order valence-corrected chi connectivity index (χ4v) is 3.28. The van der Waals surface area contributed by atoms with Crippen molar-refractivity contribution in [3.05, 3.63) is 56.2 Å². The number of halogens is 3. The number of rotatable bonds is 4. The number of aliphatic hydroxyl groups excluding tert-OH is 1. The largest absolute Gasteiger partial charge is 0.392 e. The van der Waals surface area contributed by atoms with Crippen molar-refractivity contribution in [2.24, 2.45) is 0 Å². The van der Waals surface area contributed by atoms with Gasteiger partial charge in [0, 0.05) is 28.3 Å². The first kappa shape index (κ1) is 13.6. The number of aliphatic hydroxyl groups is 1. The van der Waals surface area contributed by atoms with Crippen molar-refractivity contribution >= 4 is 27.3 Å².